The molecule has 4 rings (SSSR count). The number of hydrogen-bond donors (Lipinski definition) is 2. The van der Waals surface area contributed by atoms with E-state index in [0.717, 1.165) is 11.3 Å². The summed E-state index contributed by atoms with van der Waals surface area (Å²) in [5.41, 5.74) is 2.22. The van der Waals surface area contributed by atoms with Gasteiger partial charge in [-0.25, -0.2) is 8.42 Å². The van der Waals surface area contributed by atoms with E-state index in [2.05, 4.69) is 10.3 Å². The monoisotopic (exact) mass is 425 g/mol. The number of sulfonamides is 1. The molecule has 0 aliphatic carbocycles. The molecule has 0 saturated carbocycles. The van der Waals surface area contributed by atoms with Crippen molar-refractivity contribution >= 4 is 32.5 Å². The number of rotatable bonds is 4. The van der Waals surface area contributed by atoms with Crippen molar-refractivity contribution in [3.63, 3.8) is 0 Å². The van der Waals surface area contributed by atoms with Crippen LogP contribution in [0.1, 0.15) is 18.4 Å². The number of amides is 1. The standard InChI is InChI=1S/C22H23N3O4S/c1-15-2-5-18(6-3-15)23-22(27)16-10-12-25(13-11-16)30(28,29)19-7-8-20-17(14-19)4-9-21(26)24-20/h2-9,14,16H,10-13H2,1H3,(H,23,27)(H,24,26). The average Bonchev–Trinajstić information content (AvgIpc) is 2.75. The van der Waals surface area contributed by atoms with Crippen LogP contribution >= 0.6 is 0 Å². The minimum atomic E-state index is -3.67. The average molecular weight is 426 g/mol. The Balaban J connectivity index is 1.43. The molecule has 0 atom stereocenters. The van der Waals surface area contributed by atoms with Crippen molar-refractivity contribution in [2.45, 2.75) is 24.7 Å². The summed E-state index contributed by atoms with van der Waals surface area (Å²) in [6.45, 7) is 2.56. The van der Waals surface area contributed by atoms with Crippen molar-refractivity contribution in [3.8, 4) is 0 Å². The van der Waals surface area contributed by atoms with Crippen LogP contribution in [0, 0.1) is 12.8 Å². The SMILES string of the molecule is Cc1ccc(NC(=O)C2CCN(S(=O)(=O)c3ccc4[nH]c(=O)ccc4c3)CC2)cc1. The van der Waals surface area contributed by atoms with Crippen LogP contribution in [0.15, 0.2) is 64.3 Å². The minimum Gasteiger partial charge on any atom is -0.326 e. The zero-order valence-electron chi connectivity index (χ0n) is 16.6. The van der Waals surface area contributed by atoms with Crippen LogP contribution in [0.2, 0.25) is 0 Å². The van der Waals surface area contributed by atoms with Crippen molar-refractivity contribution in [1.29, 1.82) is 0 Å². The van der Waals surface area contributed by atoms with E-state index >= 15 is 0 Å². The van der Waals surface area contributed by atoms with E-state index in [1.165, 1.54) is 16.4 Å². The van der Waals surface area contributed by atoms with Crippen LogP contribution in [0.3, 0.4) is 0 Å². The molecule has 2 aromatic carbocycles. The highest BCUT2D eigenvalue weighted by atomic mass is 32.2. The van der Waals surface area contributed by atoms with Gasteiger partial charge in [0.05, 0.1) is 4.90 Å². The molecule has 0 unspecified atom stereocenters. The lowest BCUT2D eigenvalue weighted by Crippen LogP contribution is -2.41. The van der Waals surface area contributed by atoms with Gasteiger partial charge in [0.2, 0.25) is 21.5 Å². The van der Waals surface area contributed by atoms with E-state index in [0.29, 0.717) is 23.7 Å². The molecule has 3 aromatic rings. The van der Waals surface area contributed by atoms with Crippen molar-refractivity contribution in [2.24, 2.45) is 5.92 Å². The smallest absolute Gasteiger partial charge is 0.248 e. The number of aryl methyl sites for hydroxylation is 1. The second kappa shape index (κ2) is 8.04. The highest BCUT2D eigenvalue weighted by Crippen LogP contribution is 2.26. The van der Waals surface area contributed by atoms with E-state index in [-0.39, 0.29) is 35.4 Å². The van der Waals surface area contributed by atoms with Crippen molar-refractivity contribution in [1.82, 2.24) is 9.29 Å². The summed E-state index contributed by atoms with van der Waals surface area (Å²) >= 11 is 0. The Bertz CT molecular complexity index is 1240. The highest BCUT2D eigenvalue weighted by Gasteiger charge is 2.32. The Hall–Kier alpha value is -2.97. The Morgan fingerprint density at radius 2 is 1.73 bits per heavy atom. The number of piperidine rings is 1. The van der Waals surface area contributed by atoms with Gasteiger partial charge in [0.25, 0.3) is 0 Å². The number of aromatic amines is 1. The van der Waals surface area contributed by atoms with Crippen molar-refractivity contribution < 1.29 is 13.2 Å². The van der Waals surface area contributed by atoms with Gasteiger partial charge in [0, 0.05) is 36.3 Å². The molecule has 1 amide bonds. The maximum atomic E-state index is 13.1. The fraction of sp³-hybridized carbons (Fsp3) is 0.273. The summed E-state index contributed by atoms with van der Waals surface area (Å²) in [7, 11) is -3.67. The highest BCUT2D eigenvalue weighted by molar-refractivity contribution is 7.89. The number of benzene rings is 2. The maximum Gasteiger partial charge on any atom is 0.248 e. The summed E-state index contributed by atoms with van der Waals surface area (Å²) in [5.74, 6) is -0.301. The molecule has 1 aliphatic rings. The number of anilines is 1. The Labute approximate surface area is 174 Å². The first-order valence-corrected chi connectivity index (χ1v) is 11.3. The minimum absolute atomic E-state index is 0.0782. The van der Waals surface area contributed by atoms with E-state index in [9.17, 15) is 18.0 Å². The van der Waals surface area contributed by atoms with Gasteiger partial charge in [-0.15, -0.1) is 0 Å². The molecule has 2 N–H and O–H groups in total. The molecule has 1 fully saturated rings. The molecule has 156 valence electrons. The van der Waals surface area contributed by atoms with Gasteiger partial charge < -0.3 is 10.3 Å². The predicted octanol–water partition coefficient (Wildman–Crippen LogP) is 2.88. The van der Waals surface area contributed by atoms with Crippen LogP contribution < -0.4 is 10.9 Å². The van der Waals surface area contributed by atoms with Gasteiger partial charge in [-0.3, -0.25) is 9.59 Å². The number of nitrogens with zero attached hydrogens (tertiary/aromatic N) is 1. The van der Waals surface area contributed by atoms with Crippen molar-refractivity contribution in [3.05, 3.63) is 70.5 Å². The van der Waals surface area contributed by atoms with E-state index in [4.69, 9.17) is 0 Å². The van der Waals surface area contributed by atoms with Crippen LogP contribution in [-0.2, 0) is 14.8 Å². The van der Waals surface area contributed by atoms with Gasteiger partial charge >= 0.3 is 0 Å². The van der Waals surface area contributed by atoms with E-state index in [1.54, 1.807) is 18.2 Å². The maximum absolute atomic E-state index is 13.1. The molecule has 1 saturated heterocycles. The molecule has 0 bridgehead atoms. The molecular weight excluding hydrogens is 402 g/mol. The van der Waals surface area contributed by atoms with Crippen LogP contribution in [0.25, 0.3) is 10.9 Å². The molecule has 1 aromatic heterocycles. The number of nitrogens with one attached hydrogen (secondary N) is 2. The molecule has 8 heteroatoms. The summed E-state index contributed by atoms with van der Waals surface area (Å²) in [4.78, 5) is 26.8. The number of H-pyrrole nitrogens is 1. The second-order valence-electron chi connectivity index (χ2n) is 7.61. The number of fused-ring (bicyclic) bond motifs is 1. The number of pyridine rings is 1. The van der Waals surface area contributed by atoms with E-state index in [1.807, 2.05) is 31.2 Å². The Morgan fingerprint density at radius 3 is 2.43 bits per heavy atom. The van der Waals surface area contributed by atoms with Crippen LogP contribution in [0.5, 0.6) is 0 Å². The third-order valence-corrected chi connectivity index (χ3v) is 7.37. The predicted molar refractivity (Wildman–Crippen MR) is 116 cm³/mol. The quantitative estimate of drug-likeness (QED) is 0.671. The number of hydrogen-bond acceptors (Lipinski definition) is 4. The lowest BCUT2D eigenvalue weighted by molar-refractivity contribution is -0.120. The van der Waals surface area contributed by atoms with Gasteiger partial charge in [-0.1, -0.05) is 17.7 Å². The third kappa shape index (κ3) is 4.15. The van der Waals surface area contributed by atoms with Crippen LogP contribution in [-0.4, -0.2) is 36.7 Å². The molecule has 30 heavy (non-hydrogen) atoms. The molecule has 2 heterocycles. The fourth-order valence-corrected chi connectivity index (χ4v) is 5.19. The Kier molecular flexibility index (Phi) is 5.44. The van der Waals surface area contributed by atoms with Crippen molar-refractivity contribution in [2.75, 3.05) is 18.4 Å². The first-order chi connectivity index (χ1) is 14.3. The Morgan fingerprint density at radius 1 is 1.03 bits per heavy atom. The molecular formula is C22H23N3O4S. The third-order valence-electron chi connectivity index (χ3n) is 5.48. The van der Waals surface area contributed by atoms with Gasteiger partial charge in [-0.2, -0.15) is 4.31 Å². The normalized spacial score (nSPS) is 15.9. The summed E-state index contributed by atoms with van der Waals surface area (Å²) < 4.78 is 27.5. The molecule has 0 radical (unpaired) electrons. The van der Waals surface area contributed by atoms with Crippen LogP contribution in [0.4, 0.5) is 5.69 Å². The lowest BCUT2D eigenvalue weighted by Gasteiger charge is -2.30. The zero-order chi connectivity index (χ0) is 21.3. The topological polar surface area (TPSA) is 99.3 Å². The summed E-state index contributed by atoms with van der Waals surface area (Å²) in [5, 5.41) is 3.57. The lowest BCUT2D eigenvalue weighted by atomic mass is 9.97. The molecule has 7 nitrogen and oxygen atoms in total. The van der Waals surface area contributed by atoms with Gasteiger partial charge in [0.1, 0.15) is 0 Å². The number of aromatic nitrogens is 1. The first-order valence-electron chi connectivity index (χ1n) is 9.84. The van der Waals surface area contributed by atoms with E-state index < -0.39 is 10.0 Å². The second-order valence-corrected chi connectivity index (χ2v) is 9.54. The molecule has 0 spiro atoms. The molecule has 1 aliphatic heterocycles. The fourth-order valence-electron chi connectivity index (χ4n) is 3.68. The largest absolute Gasteiger partial charge is 0.326 e. The van der Waals surface area contributed by atoms with Gasteiger partial charge in [0.15, 0.2) is 0 Å². The zero-order valence-corrected chi connectivity index (χ0v) is 17.4. The van der Waals surface area contributed by atoms with Gasteiger partial charge in [-0.05, 0) is 61.5 Å². The summed E-state index contributed by atoms with van der Waals surface area (Å²) in [6, 6.07) is 15.2. The first kappa shape index (κ1) is 20.3. The summed E-state index contributed by atoms with van der Waals surface area (Å²) in [6.07, 6.45) is 0.940. The number of carbonyl (C=O) groups excluding carboxylic acids is 1. The number of carbonyl (C=O) groups is 1.